The zero-order chi connectivity index (χ0) is 26.5. The van der Waals surface area contributed by atoms with Gasteiger partial charge in [-0.05, 0) is 31.0 Å². The van der Waals surface area contributed by atoms with E-state index in [9.17, 15) is 10.2 Å². The topological polar surface area (TPSA) is 77.4 Å². The van der Waals surface area contributed by atoms with E-state index >= 15 is 0 Å². The number of halogens is 1. The predicted octanol–water partition coefficient (Wildman–Crippen LogP) is 6.65. The zero-order valence-electron chi connectivity index (χ0n) is 22.1. The highest BCUT2D eigenvalue weighted by atomic mass is 79.9. The number of fused-ring (bicyclic) bond motifs is 2. The largest absolute Gasteiger partial charge is 0.489 e. The van der Waals surface area contributed by atoms with Crippen molar-refractivity contribution in [1.82, 2.24) is 0 Å². The molecule has 204 valence electrons. The van der Waals surface area contributed by atoms with E-state index < -0.39 is 12.2 Å². The average molecular weight is 578 g/mol. The third-order valence-electron chi connectivity index (χ3n) is 6.13. The molecular formula is C30H41BrO6. The molecule has 2 N–H and O–H groups in total. The average Bonchev–Trinajstić information content (AvgIpc) is 2.90. The van der Waals surface area contributed by atoms with Crippen molar-refractivity contribution in [2.24, 2.45) is 0 Å². The van der Waals surface area contributed by atoms with Gasteiger partial charge in [-0.1, -0.05) is 79.7 Å². The molecule has 0 heterocycles. The van der Waals surface area contributed by atoms with Gasteiger partial charge in [0.05, 0.1) is 13.2 Å². The molecule has 0 aliphatic heterocycles. The second-order valence-corrected chi connectivity index (χ2v) is 10.3. The van der Waals surface area contributed by atoms with Gasteiger partial charge in [-0.15, -0.1) is 0 Å². The Hall–Kier alpha value is -1.90. The fourth-order valence-corrected chi connectivity index (χ4v) is 4.55. The van der Waals surface area contributed by atoms with Crippen molar-refractivity contribution in [3.63, 3.8) is 0 Å². The standard InChI is InChI=1S/C30H41BrO6/c1-3-5-9-15-34-18-23(32)20-36-29-25-11-7-8-12-26(25)30(28-17-22(31)13-14-27(28)29)37-21-24(33)19-35-16-10-6-4-2/h7-8,11-14,17,23-24,32-33H,3-6,9-10,15-16,18-21H2,1-2H3. The Bertz CT molecular complexity index is 1090. The van der Waals surface area contributed by atoms with Crippen LogP contribution in [0.4, 0.5) is 0 Å². The molecule has 0 fully saturated rings. The smallest absolute Gasteiger partial charge is 0.135 e. The first-order valence-corrected chi connectivity index (χ1v) is 14.3. The van der Waals surface area contributed by atoms with E-state index in [4.69, 9.17) is 18.9 Å². The first-order chi connectivity index (χ1) is 18.0. The number of aliphatic hydroxyl groups excluding tert-OH is 2. The van der Waals surface area contributed by atoms with Gasteiger partial charge < -0.3 is 29.2 Å². The second kappa shape index (κ2) is 16.1. The Morgan fingerprint density at radius 2 is 1.14 bits per heavy atom. The summed E-state index contributed by atoms with van der Waals surface area (Å²) in [6.07, 6.45) is 5.05. The zero-order valence-corrected chi connectivity index (χ0v) is 23.7. The summed E-state index contributed by atoms with van der Waals surface area (Å²) in [4.78, 5) is 0. The fourth-order valence-electron chi connectivity index (χ4n) is 4.18. The van der Waals surface area contributed by atoms with Crippen molar-refractivity contribution in [2.45, 2.75) is 64.6 Å². The molecule has 0 saturated carbocycles. The van der Waals surface area contributed by atoms with Gasteiger partial charge in [-0.25, -0.2) is 0 Å². The summed E-state index contributed by atoms with van der Waals surface area (Å²) in [7, 11) is 0. The van der Waals surface area contributed by atoms with Gasteiger partial charge in [0, 0.05) is 39.2 Å². The van der Waals surface area contributed by atoms with E-state index in [-0.39, 0.29) is 26.4 Å². The summed E-state index contributed by atoms with van der Waals surface area (Å²) in [5, 5.41) is 24.4. The van der Waals surface area contributed by atoms with Crippen LogP contribution in [0.2, 0.25) is 0 Å². The molecule has 0 bridgehead atoms. The molecule has 37 heavy (non-hydrogen) atoms. The second-order valence-electron chi connectivity index (χ2n) is 9.39. The Balaban J connectivity index is 1.77. The van der Waals surface area contributed by atoms with Crippen LogP contribution in [0.1, 0.15) is 52.4 Å². The predicted molar refractivity (Wildman–Crippen MR) is 153 cm³/mol. The van der Waals surface area contributed by atoms with Gasteiger partial charge in [-0.2, -0.15) is 0 Å². The number of ether oxygens (including phenoxy) is 4. The van der Waals surface area contributed by atoms with Crippen molar-refractivity contribution in [1.29, 1.82) is 0 Å². The highest BCUT2D eigenvalue weighted by molar-refractivity contribution is 9.10. The Morgan fingerprint density at radius 3 is 1.65 bits per heavy atom. The minimum Gasteiger partial charge on any atom is -0.489 e. The molecule has 3 aromatic carbocycles. The third-order valence-corrected chi connectivity index (χ3v) is 6.63. The molecule has 0 amide bonds. The molecule has 6 nitrogen and oxygen atoms in total. The van der Waals surface area contributed by atoms with Gasteiger partial charge in [0.1, 0.15) is 36.9 Å². The Labute approximate surface area is 229 Å². The summed E-state index contributed by atoms with van der Waals surface area (Å²) in [5.41, 5.74) is 0. The van der Waals surface area contributed by atoms with Gasteiger partial charge in [-0.3, -0.25) is 0 Å². The molecule has 0 radical (unpaired) electrons. The molecule has 0 aliphatic carbocycles. The normalized spacial score (nSPS) is 13.2. The van der Waals surface area contributed by atoms with Crippen LogP contribution in [-0.2, 0) is 9.47 Å². The maximum Gasteiger partial charge on any atom is 0.135 e. The number of hydrogen-bond donors (Lipinski definition) is 2. The van der Waals surface area contributed by atoms with Crippen molar-refractivity contribution >= 4 is 37.5 Å². The van der Waals surface area contributed by atoms with E-state index in [1.807, 2.05) is 42.5 Å². The lowest BCUT2D eigenvalue weighted by Crippen LogP contribution is -2.24. The van der Waals surface area contributed by atoms with E-state index in [1.54, 1.807) is 0 Å². The van der Waals surface area contributed by atoms with Crippen molar-refractivity contribution < 1.29 is 29.2 Å². The minimum atomic E-state index is -0.731. The molecule has 0 aliphatic rings. The lowest BCUT2D eigenvalue weighted by atomic mass is 10.0. The van der Waals surface area contributed by atoms with Gasteiger partial charge in [0.25, 0.3) is 0 Å². The lowest BCUT2D eigenvalue weighted by molar-refractivity contribution is 0.0112. The fraction of sp³-hybridized carbons (Fsp3) is 0.533. The Kier molecular flexibility index (Phi) is 12.9. The molecule has 0 spiro atoms. The molecule has 0 aromatic heterocycles. The highest BCUT2D eigenvalue weighted by Crippen LogP contribution is 2.43. The molecule has 7 heteroatoms. The quantitative estimate of drug-likeness (QED) is 0.130. The van der Waals surface area contributed by atoms with E-state index in [0.29, 0.717) is 24.7 Å². The van der Waals surface area contributed by atoms with Crippen LogP contribution in [-0.4, -0.2) is 62.1 Å². The van der Waals surface area contributed by atoms with Crippen molar-refractivity contribution in [3.8, 4) is 11.5 Å². The van der Waals surface area contributed by atoms with E-state index in [1.165, 1.54) is 0 Å². The van der Waals surface area contributed by atoms with Crippen molar-refractivity contribution in [3.05, 3.63) is 46.9 Å². The van der Waals surface area contributed by atoms with Gasteiger partial charge >= 0.3 is 0 Å². The number of aliphatic hydroxyl groups is 2. The van der Waals surface area contributed by atoms with Gasteiger partial charge in [0.2, 0.25) is 0 Å². The summed E-state index contributed by atoms with van der Waals surface area (Å²) < 4.78 is 24.6. The lowest BCUT2D eigenvalue weighted by Gasteiger charge is -2.20. The minimum absolute atomic E-state index is 0.119. The molecule has 3 rings (SSSR count). The van der Waals surface area contributed by atoms with Gasteiger partial charge in [0.15, 0.2) is 0 Å². The van der Waals surface area contributed by atoms with Crippen LogP contribution in [0, 0.1) is 0 Å². The van der Waals surface area contributed by atoms with Crippen LogP contribution in [0.25, 0.3) is 21.5 Å². The maximum absolute atomic E-state index is 10.5. The molecule has 2 atom stereocenters. The summed E-state index contributed by atoms with van der Waals surface area (Å²) in [6, 6.07) is 13.8. The molecular weight excluding hydrogens is 536 g/mol. The van der Waals surface area contributed by atoms with Crippen LogP contribution in [0.3, 0.4) is 0 Å². The number of unbranched alkanes of at least 4 members (excludes halogenated alkanes) is 4. The Morgan fingerprint density at radius 1 is 0.649 bits per heavy atom. The number of hydrogen-bond acceptors (Lipinski definition) is 6. The monoisotopic (exact) mass is 576 g/mol. The van der Waals surface area contributed by atoms with Crippen LogP contribution < -0.4 is 9.47 Å². The summed E-state index contributed by atoms with van der Waals surface area (Å²) >= 11 is 3.58. The summed E-state index contributed by atoms with van der Waals surface area (Å²) in [6.45, 7) is 6.31. The molecule has 0 saturated heterocycles. The molecule has 3 aromatic rings. The number of rotatable bonds is 18. The van der Waals surface area contributed by atoms with Crippen LogP contribution in [0.5, 0.6) is 11.5 Å². The highest BCUT2D eigenvalue weighted by Gasteiger charge is 2.19. The summed E-state index contributed by atoms with van der Waals surface area (Å²) in [5.74, 6) is 1.37. The first-order valence-electron chi connectivity index (χ1n) is 13.5. The number of benzene rings is 3. The van der Waals surface area contributed by atoms with E-state index in [0.717, 1.165) is 64.5 Å². The van der Waals surface area contributed by atoms with Crippen LogP contribution in [0.15, 0.2) is 46.9 Å². The molecule has 2 unspecified atom stereocenters. The van der Waals surface area contributed by atoms with Crippen LogP contribution >= 0.6 is 15.9 Å². The maximum atomic E-state index is 10.5. The van der Waals surface area contributed by atoms with Crippen molar-refractivity contribution in [2.75, 3.05) is 39.6 Å². The third kappa shape index (κ3) is 9.11. The van der Waals surface area contributed by atoms with E-state index in [2.05, 4.69) is 29.8 Å². The SMILES string of the molecule is CCCCCOCC(O)COc1c2ccccc2c(OCC(O)COCCCCC)c2cc(Br)ccc12. The first kappa shape index (κ1) is 29.7.